The van der Waals surface area contributed by atoms with Crippen LogP contribution in [0.2, 0.25) is 5.02 Å². The molecule has 0 saturated heterocycles. The maximum absolute atomic E-state index is 14.6. The molecule has 142 valence electrons. The number of carbonyl (C=O) groups excluding carboxylic acids is 1. The quantitative estimate of drug-likeness (QED) is 0.494. The van der Waals surface area contributed by atoms with E-state index in [0.717, 1.165) is 23.8 Å². The number of hydrogen-bond acceptors (Lipinski definition) is 5. The molecule has 1 amide bonds. The van der Waals surface area contributed by atoms with Crippen molar-refractivity contribution in [2.75, 3.05) is 18.6 Å². The first kappa shape index (κ1) is 23.5. The normalized spacial score (nSPS) is 21.6. The maximum atomic E-state index is 14.6. The van der Waals surface area contributed by atoms with Crippen molar-refractivity contribution in [3.63, 3.8) is 0 Å². The largest absolute Gasteiger partial charge is 1.00 e. The van der Waals surface area contributed by atoms with Crippen molar-refractivity contribution in [3.8, 4) is 5.75 Å². The number of benzene rings is 1. The fourth-order valence-corrected chi connectivity index (χ4v) is 5.46. The molecule has 0 N–H and O–H groups in total. The van der Waals surface area contributed by atoms with E-state index < -0.39 is 25.1 Å². The SMILES string of the molecule is CCOP(=O)([O-])C1C2=C(CCCC2)C(=O)N1c1cc(OC)c(Cl)cc1F.[K+]. The van der Waals surface area contributed by atoms with Crippen LogP contribution in [0, 0.1) is 5.82 Å². The summed E-state index contributed by atoms with van der Waals surface area (Å²) in [5.41, 5.74) is 0.748. The monoisotopic (exact) mass is 441 g/mol. The predicted octanol–water partition coefficient (Wildman–Crippen LogP) is 0.625. The van der Waals surface area contributed by atoms with Gasteiger partial charge in [0.15, 0.2) is 7.60 Å². The van der Waals surface area contributed by atoms with Crippen LogP contribution in [0.3, 0.4) is 0 Å². The molecule has 0 fully saturated rings. The summed E-state index contributed by atoms with van der Waals surface area (Å²) in [6.07, 6.45) is 2.50. The van der Waals surface area contributed by atoms with Crippen LogP contribution in [-0.4, -0.2) is 25.4 Å². The molecule has 2 aliphatic rings. The van der Waals surface area contributed by atoms with Crippen molar-refractivity contribution < 1.29 is 79.3 Å². The zero-order valence-electron chi connectivity index (χ0n) is 15.5. The Balaban J connectivity index is 0.00000261. The molecule has 6 nitrogen and oxygen atoms in total. The molecule has 1 aliphatic heterocycles. The number of hydrogen-bond donors (Lipinski definition) is 0. The summed E-state index contributed by atoms with van der Waals surface area (Å²) in [6, 6.07) is 2.25. The molecule has 2 unspecified atom stereocenters. The van der Waals surface area contributed by atoms with E-state index in [4.69, 9.17) is 20.9 Å². The third kappa shape index (κ3) is 4.39. The minimum absolute atomic E-state index is 0. The molecule has 0 aromatic heterocycles. The van der Waals surface area contributed by atoms with Crippen LogP contribution >= 0.6 is 19.2 Å². The van der Waals surface area contributed by atoms with Gasteiger partial charge in [-0.1, -0.05) is 11.6 Å². The Kier molecular flexibility index (Phi) is 8.16. The minimum Gasteiger partial charge on any atom is -0.777 e. The topological polar surface area (TPSA) is 78.9 Å². The molecule has 2 atom stereocenters. The van der Waals surface area contributed by atoms with Gasteiger partial charge in [0.25, 0.3) is 5.91 Å². The number of rotatable bonds is 5. The van der Waals surface area contributed by atoms with Gasteiger partial charge in [0.2, 0.25) is 0 Å². The summed E-state index contributed by atoms with van der Waals surface area (Å²) in [5.74, 6) is -2.50. The molecular weight excluding hydrogens is 423 g/mol. The van der Waals surface area contributed by atoms with Crippen LogP contribution in [0.1, 0.15) is 32.6 Å². The van der Waals surface area contributed by atoms with Gasteiger partial charge in [-0.3, -0.25) is 9.69 Å². The Hall–Kier alpha value is 0.236. The number of halogens is 2. The second-order valence-corrected chi connectivity index (χ2v) is 8.39. The number of anilines is 1. The third-order valence-corrected chi connectivity index (χ3v) is 6.69. The summed E-state index contributed by atoms with van der Waals surface area (Å²) in [4.78, 5) is 26.7. The van der Waals surface area contributed by atoms with Gasteiger partial charge in [-0.15, -0.1) is 0 Å². The third-order valence-electron chi connectivity index (χ3n) is 4.63. The van der Waals surface area contributed by atoms with E-state index in [0.29, 0.717) is 24.0 Å². The van der Waals surface area contributed by atoms with E-state index in [9.17, 15) is 18.6 Å². The summed E-state index contributed by atoms with van der Waals surface area (Å²) in [5, 5.41) is 0.0322. The first-order valence-corrected chi connectivity index (χ1v) is 10.3. The van der Waals surface area contributed by atoms with Gasteiger partial charge in [-0.2, -0.15) is 0 Å². The molecule has 0 bridgehead atoms. The zero-order valence-corrected chi connectivity index (χ0v) is 20.2. The van der Waals surface area contributed by atoms with E-state index in [1.807, 2.05) is 0 Å². The minimum atomic E-state index is -4.49. The average Bonchev–Trinajstić information content (AvgIpc) is 2.89. The first-order valence-electron chi connectivity index (χ1n) is 8.35. The van der Waals surface area contributed by atoms with Crippen LogP contribution in [-0.2, 0) is 13.9 Å². The van der Waals surface area contributed by atoms with Crippen LogP contribution in [0.15, 0.2) is 23.3 Å². The molecule has 27 heavy (non-hydrogen) atoms. The number of methoxy groups -OCH3 is 1. The zero-order chi connectivity index (χ0) is 19.1. The molecule has 0 saturated carbocycles. The van der Waals surface area contributed by atoms with E-state index in [2.05, 4.69) is 0 Å². The van der Waals surface area contributed by atoms with Gasteiger partial charge >= 0.3 is 51.4 Å². The first-order chi connectivity index (χ1) is 12.3. The van der Waals surface area contributed by atoms with Crippen LogP contribution in [0.5, 0.6) is 5.75 Å². The summed E-state index contributed by atoms with van der Waals surface area (Å²) >= 11 is 5.92. The summed E-state index contributed by atoms with van der Waals surface area (Å²) in [6.45, 7) is 1.49. The number of ether oxygens (including phenoxy) is 1. The molecule has 3 rings (SSSR count). The Morgan fingerprint density at radius 1 is 1.37 bits per heavy atom. The number of amides is 1. The Labute approximate surface area is 205 Å². The molecule has 10 heteroatoms. The smallest absolute Gasteiger partial charge is 0.777 e. The summed E-state index contributed by atoms with van der Waals surface area (Å²) in [7, 11) is -3.13. The van der Waals surface area contributed by atoms with Crippen LogP contribution in [0.4, 0.5) is 10.1 Å². The molecule has 1 aromatic carbocycles. The number of carbonyl (C=O) groups is 1. The maximum Gasteiger partial charge on any atom is 1.00 e. The second kappa shape index (κ2) is 9.37. The molecule has 0 radical (unpaired) electrons. The molecule has 0 spiro atoms. The van der Waals surface area contributed by atoms with Gasteiger partial charge < -0.3 is 18.7 Å². The van der Waals surface area contributed by atoms with Crippen molar-refractivity contribution in [3.05, 3.63) is 34.1 Å². The standard InChI is InChI=1S/C17H20ClFNO5P.K/c1-3-25-26(22,23)17-11-7-5-4-6-10(11)16(21)20(17)14-9-15(24-2)12(18)8-13(14)19;/h8-9,17H,3-7H2,1-2H3,(H,22,23);/q;+1/p-1. The van der Waals surface area contributed by atoms with E-state index >= 15 is 0 Å². The van der Waals surface area contributed by atoms with E-state index in [-0.39, 0.29) is 74.5 Å². The van der Waals surface area contributed by atoms with Gasteiger partial charge in [-0.25, -0.2) is 4.39 Å². The van der Waals surface area contributed by atoms with Crippen molar-refractivity contribution in [1.29, 1.82) is 0 Å². The van der Waals surface area contributed by atoms with Crippen LogP contribution in [0.25, 0.3) is 0 Å². The molecule has 1 aromatic rings. The van der Waals surface area contributed by atoms with Crippen molar-refractivity contribution in [1.82, 2.24) is 0 Å². The molecule has 1 aliphatic carbocycles. The van der Waals surface area contributed by atoms with Crippen molar-refractivity contribution in [2.45, 2.75) is 38.4 Å². The van der Waals surface area contributed by atoms with Gasteiger partial charge in [0, 0.05) is 11.6 Å². The van der Waals surface area contributed by atoms with E-state index in [1.165, 1.54) is 13.2 Å². The van der Waals surface area contributed by atoms with Gasteiger partial charge in [-0.05, 0) is 44.2 Å². The van der Waals surface area contributed by atoms with Crippen molar-refractivity contribution in [2.24, 2.45) is 0 Å². The second-order valence-electron chi connectivity index (χ2n) is 6.16. The van der Waals surface area contributed by atoms with E-state index in [1.54, 1.807) is 6.92 Å². The molecular formula is C17H19ClFKNO5P. The van der Waals surface area contributed by atoms with Crippen molar-refractivity contribution >= 4 is 30.8 Å². The van der Waals surface area contributed by atoms with Gasteiger partial charge in [0.1, 0.15) is 17.3 Å². The number of nitrogens with zero attached hydrogens (tertiary/aromatic N) is 1. The predicted molar refractivity (Wildman–Crippen MR) is 94.0 cm³/mol. The Morgan fingerprint density at radius 3 is 2.67 bits per heavy atom. The van der Waals surface area contributed by atoms with Crippen LogP contribution < -0.4 is 65.9 Å². The Morgan fingerprint density at radius 2 is 2.04 bits per heavy atom. The summed E-state index contributed by atoms with van der Waals surface area (Å²) < 4.78 is 37.4. The average molecular weight is 442 g/mol. The fraction of sp³-hybridized carbons (Fsp3) is 0.471. The molecule has 1 heterocycles. The Bertz CT molecular complexity index is 834. The van der Waals surface area contributed by atoms with Gasteiger partial charge in [0.05, 0.1) is 24.4 Å². The fourth-order valence-electron chi connectivity index (χ4n) is 3.55.